The maximum atomic E-state index is 5.58. The molecule has 0 fully saturated rings. The van der Waals surface area contributed by atoms with Crippen molar-refractivity contribution in [1.29, 1.82) is 0 Å². The molecule has 0 aliphatic heterocycles. The van der Waals surface area contributed by atoms with Crippen LogP contribution in [0.25, 0.3) is 0 Å². The molecule has 0 heterocycles. The SMILES string of the molecule is C=CCSCCNC(N)=NCCC.I. The fraction of sp³-hybridized carbons (Fsp3) is 0.667. The predicted octanol–water partition coefficient (Wildman–Crippen LogP) is 1.84. The molecule has 5 heteroatoms. The smallest absolute Gasteiger partial charge is 0.188 e. The van der Waals surface area contributed by atoms with Crippen molar-refractivity contribution >= 4 is 41.7 Å². The molecule has 0 saturated heterocycles. The monoisotopic (exact) mass is 329 g/mol. The second kappa shape index (κ2) is 13.1. The lowest BCUT2D eigenvalue weighted by Crippen LogP contribution is -2.33. The molecule has 0 atom stereocenters. The number of nitrogens with two attached hydrogens (primary N) is 1. The van der Waals surface area contributed by atoms with Crippen molar-refractivity contribution in [3.8, 4) is 0 Å². The molecule has 3 nitrogen and oxygen atoms in total. The highest BCUT2D eigenvalue weighted by atomic mass is 127. The number of hydrogen-bond acceptors (Lipinski definition) is 2. The highest BCUT2D eigenvalue weighted by molar-refractivity contribution is 14.0. The van der Waals surface area contributed by atoms with E-state index in [0.29, 0.717) is 5.96 Å². The molecule has 0 aromatic rings. The van der Waals surface area contributed by atoms with Crippen molar-refractivity contribution in [1.82, 2.24) is 5.32 Å². The first kappa shape index (κ1) is 16.5. The number of aliphatic imine (C=N–C) groups is 1. The summed E-state index contributed by atoms with van der Waals surface area (Å²) in [4.78, 5) is 4.11. The first-order valence-electron chi connectivity index (χ1n) is 4.53. The van der Waals surface area contributed by atoms with Crippen LogP contribution in [0.2, 0.25) is 0 Å². The van der Waals surface area contributed by atoms with E-state index in [2.05, 4.69) is 23.8 Å². The topological polar surface area (TPSA) is 50.4 Å². The minimum absolute atomic E-state index is 0. The molecule has 14 heavy (non-hydrogen) atoms. The number of rotatable bonds is 7. The molecule has 0 aliphatic carbocycles. The van der Waals surface area contributed by atoms with Gasteiger partial charge in [-0.3, -0.25) is 4.99 Å². The van der Waals surface area contributed by atoms with Gasteiger partial charge in [-0.05, 0) is 6.42 Å². The Bertz CT molecular complexity index is 162. The second-order valence-electron chi connectivity index (χ2n) is 2.56. The van der Waals surface area contributed by atoms with Crippen LogP contribution in [-0.2, 0) is 0 Å². The third-order valence-electron chi connectivity index (χ3n) is 1.29. The van der Waals surface area contributed by atoms with E-state index < -0.39 is 0 Å². The number of hydrogen-bond donors (Lipinski definition) is 2. The van der Waals surface area contributed by atoms with Crippen molar-refractivity contribution in [2.24, 2.45) is 10.7 Å². The molecule has 0 rings (SSSR count). The molecular formula is C9H20IN3S. The van der Waals surface area contributed by atoms with E-state index in [1.165, 1.54) is 0 Å². The van der Waals surface area contributed by atoms with E-state index in [-0.39, 0.29) is 24.0 Å². The predicted molar refractivity (Wildman–Crippen MR) is 77.7 cm³/mol. The first-order chi connectivity index (χ1) is 6.31. The Morgan fingerprint density at radius 1 is 1.64 bits per heavy atom. The maximum absolute atomic E-state index is 5.58. The summed E-state index contributed by atoms with van der Waals surface area (Å²) in [5.41, 5.74) is 5.58. The summed E-state index contributed by atoms with van der Waals surface area (Å²) in [7, 11) is 0. The van der Waals surface area contributed by atoms with Gasteiger partial charge in [0.1, 0.15) is 0 Å². The van der Waals surface area contributed by atoms with Crippen LogP contribution in [0.3, 0.4) is 0 Å². The average Bonchev–Trinajstić information content (AvgIpc) is 2.14. The molecule has 84 valence electrons. The fourth-order valence-corrected chi connectivity index (χ4v) is 1.29. The molecule has 0 aliphatic rings. The molecule has 0 amide bonds. The van der Waals surface area contributed by atoms with Gasteiger partial charge >= 0.3 is 0 Å². The quantitative estimate of drug-likeness (QED) is 0.246. The number of halogens is 1. The number of thioether (sulfide) groups is 1. The summed E-state index contributed by atoms with van der Waals surface area (Å²) in [5.74, 6) is 2.59. The van der Waals surface area contributed by atoms with Crippen LogP contribution in [0.5, 0.6) is 0 Å². The van der Waals surface area contributed by atoms with Crippen molar-refractivity contribution in [3.63, 3.8) is 0 Å². The van der Waals surface area contributed by atoms with Crippen molar-refractivity contribution in [2.45, 2.75) is 13.3 Å². The highest BCUT2D eigenvalue weighted by Gasteiger charge is 1.89. The zero-order valence-electron chi connectivity index (χ0n) is 8.66. The van der Waals surface area contributed by atoms with Gasteiger partial charge in [-0.25, -0.2) is 0 Å². The normalized spacial score (nSPS) is 10.5. The van der Waals surface area contributed by atoms with Gasteiger partial charge in [0.2, 0.25) is 0 Å². The Kier molecular flexibility index (Phi) is 15.4. The van der Waals surface area contributed by atoms with Crippen LogP contribution < -0.4 is 11.1 Å². The number of guanidine groups is 1. The minimum Gasteiger partial charge on any atom is -0.370 e. The molecule has 0 radical (unpaired) electrons. The van der Waals surface area contributed by atoms with Crippen molar-refractivity contribution in [3.05, 3.63) is 12.7 Å². The van der Waals surface area contributed by atoms with E-state index in [4.69, 9.17) is 5.73 Å². The van der Waals surface area contributed by atoms with E-state index in [1.54, 1.807) is 0 Å². The molecular weight excluding hydrogens is 309 g/mol. The second-order valence-corrected chi connectivity index (χ2v) is 3.71. The zero-order valence-corrected chi connectivity index (χ0v) is 11.8. The Morgan fingerprint density at radius 3 is 2.93 bits per heavy atom. The van der Waals surface area contributed by atoms with E-state index in [9.17, 15) is 0 Å². The Balaban J connectivity index is 0. The average molecular weight is 329 g/mol. The third-order valence-corrected chi connectivity index (χ3v) is 2.26. The van der Waals surface area contributed by atoms with Crippen LogP contribution in [0.4, 0.5) is 0 Å². The van der Waals surface area contributed by atoms with E-state index >= 15 is 0 Å². The Hall–Kier alpha value is 0.0900. The summed E-state index contributed by atoms with van der Waals surface area (Å²) in [5, 5.41) is 3.05. The van der Waals surface area contributed by atoms with Gasteiger partial charge in [-0.1, -0.05) is 13.0 Å². The number of nitrogens with one attached hydrogen (secondary N) is 1. The maximum Gasteiger partial charge on any atom is 0.188 e. The van der Waals surface area contributed by atoms with E-state index in [0.717, 1.165) is 31.0 Å². The van der Waals surface area contributed by atoms with Crippen LogP contribution in [0.15, 0.2) is 17.6 Å². The summed E-state index contributed by atoms with van der Waals surface area (Å²) in [6.07, 6.45) is 2.94. The van der Waals surface area contributed by atoms with Crippen LogP contribution in [-0.4, -0.2) is 30.6 Å². The van der Waals surface area contributed by atoms with Gasteiger partial charge in [0.15, 0.2) is 5.96 Å². The van der Waals surface area contributed by atoms with Gasteiger partial charge in [-0.15, -0.1) is 30.6 Å². The van der Waals surface area contributed by atoms with Gasteiger partial charge in [-0.2, -0.15) is 11.8 Å². The number of nitrogens with zero attached hydrogens (tertiary/aromatic N) is 1. The minimum atomic E-state index is 0. The van der Waals surface area contributed by atoms with Gasteiger partial charge < -0.3 is 11.1 Å². The Morgan fingerprint density at radius 2 is 2.36 bits per heavy atom. The Labute approximate surface area is 108 Å². The lowest BCUT2D eigenvalue weighted by atomic mass is 10.5. The molecule has 0 spiro atoms. The summed E-state index contributed by atoms with van der Waals surface area (Å²) in [6, 6.07) is 0. The summed E-state index contributed by atoms with van der Waals surface area (Å²) >= 11 is 1.83. The van der Waals surface area contributed by atoms with Crippen LogP contribution in [0, 0.1) is 0 Å². The lowest BCUT2D eigenvalue weighted by Gasteiger charge is -2.03. The molecule has 0 unspecified atom stereocenters. The van der Waals surface area contributed by atoms with Gasteiger partial charge in [0.25, 0.3) is 0 Å². The molecule has 0 bridgehead atoms. The largest absolute Gasteiger partial charge is 0.370 e. The van der Waals surface area contributed by atoms with Crippen molar-refractivity contribution < 1.29 is 0 Å². The van der Waals surface area contributed by atoms with Crippen LogP contribution >= 0.6 is 35.7 Å². The van der Waals surface area contributed by atoms with Crippen LogP contribution in [0.1, 0.15) is 13.3 Å². The molecule has 0 aromatic heterocycles. The third kappa shape index (κ3) is 12.1. The molecule has 3 N–H and O–H groups in total. The van der Waals surface area contributed by atoms with Crippen molar-refractivity contribution in [2.75, 3.05) is 24.6 Å². The van der Waals surface area contributed by atoms with Gasteiger partial charge in [0.05, 0.1) is 0 Å². The zero-order chi connectivity index (χ0) is 9.94. The standard InChI is InChI=1S/C9H19N3S.HI/c1-3-5-11-9(10)12-6-8-13-7-4-2;/h4H,2-3,5-8H2,1H3,(H3,10,11,12);1H. The molecule has 0 aromatic carbocycles. The van der Waals surface area contributed by atoms with E-state index in [1.807, 2.05) is 17.8 Å². The van der Waals surface area contributed by atoms with Gasteiger partial charge in [0, 0.05) is 24.6 Å². The summed E-state index contributed by atoms with van der Waals surface area (Å²) < 4.78 is 0. The fourth-order valence-electron chi connectivity index (χ4n) is 0.706. The molecule has 0 saturated carbocycles. The highest BCUT2D eigenvalue weighted by Crippen LogP contribution is 1.96. The lowest BCUT2D eigenvalue weighted by molar-refractivity contribution is 0.892. The summed E-state index contributed by atoms with van der Waals surface area (Å²) in [6.45, 7) is 7.40. The first-order valence-corrected chi connectivity index (χ1v) is 5.69.